The van der Waals surface area contributed by atoms with Crippen molar-refractivity contribution in [3.8, 4) is 0 Å². The second-order valence-electron chi connectivity index (χ2n) is 3.19. The number of hydrogen-bond acceptors (Lipinski definition) is 4. The fraction of sp³-hybridized carbons (Fsp3) is 0.714. The monoisotopic (exact) mass is 167 g/mol. The third-order valence-corrected chi connectivity index (χ3v) is 2.14. The predicted octanol–water partition coefficient (Wildman–Crippen LogP) is -0.647. The number of rotatable bonds is 1. The van der Waals surface area contributed by atoms with Crippen molar-refractivity contribution in [3.63, 3.8) is 0 Å². The average molecular weight is 167 g/mol. The lowest BCUT2D eigenvalue weighted by Crippen LogP contribution is -2.26. The molecule has 1 aliphatic heterocycles. The lowest BCUT2D eigenvalue weighted by molar-refractivity contribution is 0.651. The Hall–Kier alpha value is -1.10. The molecule has 5 nitrogen and oxygen atoms in total. The average Bonchev–Trinajstić information content (AvgIpc) is 2.58. The van der Waals surface area contributed by atoms with E-state index in [0.717, 1.165) is 25.3 Å². The van der Waals surface area contributed by atoms with Gasteiger partial charge in [0.05, 0.1) is 6.20 Å². The first-order valence-corrected chi connectivity index (χ1v) is 4.12. The van der Waals surface area contributed by atoms with Crippen LogP contribution in [0.2, 0.25) is 0 Å². The molecule has 1 saturated heterocycles. The van der Waals surface area contributed by atoms with Crippen LogP contribution < -0.4 is 10.6 Å². The van der Waals surface area contributed by atoms with Crippen molar-refractivity contribution < 1.29 is 0 Å². The highest BCUT2D eigenvalue weighted by Gasteiger charge is 2.20. The van der Waals surface area contributed by atoms with E-state index in [4.69, 9.17) is 5.73 Å². The van der Waals surface area contributed by atoms with Gasteiger partial charge in [0.1, 0.15) is 0 Å². The van der Waals surface area contributed by atoms with E-state index in [1.54, 1.807) is 11.0 Å². The largest absolute Gasteiger partial charge is 0.352 e. The second kappa shape index (κ2) is 2.75. The Balaban J connectivity index is 2.11. The van der Waals surface area contributed by atoms with Crippen LogP contribution in [-0.2, 0) is 7.05 Å². The van der Waals surface area contributed by atoms with Crippen LogP contribution in [0.15, 0.2) is 6.20 Å². The zero-order valence-corrected chi connectivity index (χ0v) is 7.14. The molecule has 1 atom stereocenters. The maximum atomic E-state index is 5.77. The van der Waals surface area contributed by atoms with E-state index in [0.29, 0.717) is 6.04 Å². The second-order valence-corrected chi connectivity index (χ2v) is 3.19. The van der Waals surface area contributed by atoms with Crippen LogP contribution >= 0.6 is 0 Å². The Morgan fingerprint density at radius 1 is 1.67 bits per heavy atom. The molecule has 0 amide bonds. The van der Waals surface area contributed by atoms with Gasteiger partial charge >= 0.3 is 0 Å². The fourth-order valence-corrected chi connectivity index (χ4v) is 1.48. The number of anilines is 1. The summed E-state index contributed by atoms with van der Waals surface area (Å²) >= 11 is 0. The summed E-state index contributed by atoms with van der Waals surface area (Å²) < 4.78 is 0. The predicted molar refractivity (Wildman–Crippen MR) is 45.8 cm³/mol. The molecule has 1 aromatic rings. The highest BCUT2D eigenvalue weighted by Crippen LogP contribution is 2.14. The lowest BCUT2D eigenvalue weighted by atomic mass is 10.3. The molecule has 0 aliphatic carbocycles. The molecule has 2 N–H and O–H groups in total. The first-order valence-electron chi connectivity index (χ1n) is 4.12. The standard InChI is InChI=1S/C7H13N5/c1-11-9-4-7(10-11)12-3-2-6(8)5-12/h4,6H,2-3,5,8H2,1H3. The maximum absolute atomic E-state index is 5.77. The van der Waals surface area contributed by atoms with Gasteiger partial charge in [-0.3, -0.25) is 0 Å². The molecule has 66 valence electrons. The normalized spacial score (nSPS) is 23.5. The summed E-state index contributed by atoms with van der Waals surface area (Å²) in [4.78, 5) is 3.73. The van der Waals surface area contributed by atoms with Gasteiger partial charge in [-0.2, -0.15) is 9.90 Å². The molecule has 1 aromatic heterocycles. The smallest absolute Gasteiger partial charge is 0.171 e. The van der Waals surface area contributed by atoms with E-state index in [2.05, 4.69) is 15.1 Å². The van der Waals surface area contributed by atoms with Crippen LogP contribution in [0.5, 0.6) is 0 Å². The number of nitrogens with two attached hydrogens (primary N) is 1. The number of aryl methyl sites for hydroxylation is 1. The first-order chi connectivity index (χ1) is 5.75. The van der Waals surface area contributed by atoms with Crippen molar-refractivity contribution in [2.45, 2.75) is 12.5 Å². The van der Waals surface area contributed by atoms with Gasteiger partial charge in [-0.25, -0.2) is 0 Å². The molecule has 0 bridgehead atoms. The molecule has 5 heteroatoms. The van der Waals surface area contributed by atoms with Crippen LogP contribution in [0.25, 0.3) is 0 Å². The minimum Gasteiger partial charge on any atom is -0.352 e. The summed E-state index contributed by atoms with van der Waals surface area (Å²) in [5.41, 5.74) is 5.77. The summed E-state index contributed by atoms with van der Waals surface area (Å²) in [6.07, 6.45) is 2.83. The van der Waals surface area contributed by atoms with Crippen molar-refractivity contribution in [2.75, 3.05) is 18.0 Å². The summed E-state index contributed by atoms with van der Waals surface area (Å²) in [6, 6.07) is 0.298. The van der Waals surface area contributed by atoms with E-state index >= 15 is 0 Å². The van der Waals surface area contributed by atoms with Gasteiger partial charge in [-0.15, -0.1) is 5.10 Å². The van der Waals surface area contributed by atoms with Gasteiger partial charge in [0.25, 0.3) is 0 Å². The molecule has 2 rings (SSSR count). The number of nitrogens with zero attached hydrogens (tertiary/aromatic N) is 4. The number of hydrogen-bond donors (Lipinski definition) is 1. The third-order valence-electron chi connectivity index (χ3n) is 2.14. The maximum Gasteiger partial charge on any atom is 0.171 e. The van der Waals surface area contributed by atoms with E-state index in [1.807, 2.05) is 7.05 Å². The molecule has 2 heterocycles. The zero-order chi connectivity index (χ0) is 8.55. The molecule has 12 heavy (non-hydrogen) atoms. The van der Waals surface area contributed by atoms with Gasteiger partial charge in [0.15, 0.2) is 5.82 Å². The van der Waals surface area contributed by atoms with E-state index < -0.39 is 0 Å². The molecule has 1 aliphatic rings. The Kier molecular flexibility index (Phi) is 1.73. The van der Waals surface area contributed by atoms with Gasteiger partial charge in [0.2, 0.25) is 0 Å². The van der Waals surface area contributed by atoms with Gasteiger partial charge in [-0.05, 0) is 6.42 Å². The Labute approximate surface area is 71.1 Å². The first kappa shape index (κ1) is 7.54. The van der Waals surface area contributed by atoms with E-state index in [1.165, 1.54) is 0 Å². The van der Waals surface area contributed by atoms with Gasteiger partial charge in [-0.1, -0.05) is 0 Å². The van der Waals surface area contributed by atoms with Gasteiger partial charge in [0, 0.05) is 26.2 Å². The Bertz CT molecular complexity index is 269. The van der Waals surface area contributed by atoms with Crippen molar-refractivity contribution >= 4 is 5.82 Å². The van der Waals surface area contributed by atoms with E-state index in [-0.39, 0.29) is 0 Å². The summed E-state index contributed by atoms with van der Waals surface area (Å²) in [5.74, 6) is 0.936. The molecule has 0 radical (unpaired) electrons. The van der Waals surface area contributed by atoms with Crippen molar-refractivity contribution in [1.29, 1.82) is 0 Å². The number of aromatic nitrogens is 3. The van der Waals surface area contributed by atoms with Crippen molar-refractivity contribution in [3.05, 3.63) is 6.20 Å². The Morgan fingerprint density at radius 2 is 2.50 bits per heavy atom. The Morgan fingerprint density at radius 3 is 3.00 bits per heavy atom. The molecule has 0 saturated carbocycles. The van der Waals surface area contributed by atoms with Crippen LogP contribution in [0, 0.1) is 0 Å². The van der Waals surface area contributed by atoms with Crippen LogP contribution in [0.3, 0.4) is 0 Å². The fourth-order valence-electron chi connectivity index (χ4n) is 1.48. The summed E-state index contributed by atoms with van der Waals surface area (Å²) in [7, 11) is 1.82. The lowest BCUT2D eigenvalue weighted by Gasteiger charge is -2.12. The molecular weight excluding hydrogens is 154 g/mol. The molecule has 1 fully saturated rings. The molecule has 1 unspecified atom stereocenters. The van der Waals surface area contributed by atoms with Crippen molar-refractivity contribution in [2.24, 2.45) is 12.8 Å². The highest BCUT2D eigenvalue weighted by atomic mass is 15.5. The van der Waals surface area contributed by atoms with Crippen LogP contribution in [-0.4, -0.2) is 34.1 Å². The van der Waals surface area contributed by atoms with Crippen LogP contribution in [0.1, 0.15) is 6.42 Å². The molecule has 0 aromatic carbocycles. The summed E-state index contributed by atoms with van der Waals surface area (Å²) in [5, 5.41) is 8.21. The van der Waals surface area contributed by atoms with Crippen LogP contribution in [0.4, 0.5) is 5.82 Å². The van der Waals surface area contributed by atoms with E-state index in [9.17, 15) is 0 Å². The minimum atomic E-state index is 0.298. The molecular formula is C7H13N5. The zero-order valence-electron chi connectivity index (χ0n) is 7.14. The topological polar surface area (TPSA) is 60.0 Å². The summed E-state index contributed by atoms with van der Waals surface area (Å²) in [6.45, 7) is 1.90. The SMILES string of the molecule is Cn1ncc(N2CCC(N)C2)n1. The minimum absolute atomic E-state index is 0.298. The van der Waals surface area contributed by atoms with Gasteiger partial charge < -0.3 is 10.6 Å². The highest BCUT2D eigenvalue weighted by molar-refractivity contribution is 5.36. The third kappa shape index (κ3) is 1.27. The molecule has 0 spiro atoms. The van der Waals surface area contributed by atoms with Crippen molar-refractivity contribution in [1.82, 2.24) is 15.0 Å². The quantitative estimate of drug-likeness (QED) is 0.604.